The van der Waals surface area contributed by atoms with Gasteiger partial charge in [0.1, 0.15) is 0 Å². The molecule has 0 aliphatic heterocycles. The molecule has 0 aliphatic carbocycles. The molecule has 0 spiro atoms. The zero-order valence-corrected chi connectivity index (χ0v) is 9.33. The van der Waals surface area contributed by atoms with Crippen LogP contribution in [-0.2, 0) is 0 Å². The van der Waals surface area contributed by atoms with Gasteiger partial charge in [-0.3, -0.25) is 0 Å². The molecular formula is C12H13F3N2. The first-order valence-electron chi connectivity index (χ1n) is 5.20. The summed E-state index contributed by atoms with van der Waals surface area (Å²) in [5.41, 5.74) is 0.895. The fourth-order valence-corrected chi connectivity index (χ4v) is 1.39. The van der Waals surface area contributed by atoms with Crippen molar-refractivity contribution >= 4 is 0 Å². The summed E-state index contributed by atoms with van der Waals surface area (Å²) in [5, 5.41) is 11.1. The minimum atomic E-state index is -4.47. The molecule has 0 saturated heterocycles. The highest BCUT2D eigenvalue weighted by molar-refractivity contribution is 5.18. The molecule has 1 N–H and O–H groups in total. The van der Waals surface area contributed by atoms with Gasteiger partial charge in [0.05, 0.1) is 6.07 Å². The number of hydrogen-bond acceptors (Lipinski definition) is 2. The Morgan fingerprint density at radius 2 is 1.88 bits per heavy atom. The van der Waals surface area contributed by atoms with Crippen molar-refractivity contribution in [2.75, 3.05) is 6.54 Å². The molecule has 0 saturated carbocycles. The Bertz CT molecular complexity index is 381. The lowest BCUT2D eigenvalue weighted by Crippen LogP contribution is -2.33. The maximum Gasteiger partial charge on any atom is 0.405 e. The van der Waals surface area contributed by atoms with Gasteiger partial charge in [-0.1, -0.05) is 30.3 Å². The number of alkyl halides is 3. The topological polar surface area (TPSA) is 35.8 Å². The van der Waals surface area contributed by atoms with Crippen LogP contribution in [0, 0.1) is 17.2 Å². The van der Waals surface area contributed by atoms with Crippen molar-refractivity contribution in [2.24, 2.45) is 5.92 Å². The molecular weight excluding hydrogens is 229 g/mol. The van der Waals surface area contributed by atoms with Crippen LogP contribution in [-0.4, -0.2) is 12.7 Å². The van der Waals surface area contributed by atoms with E-state index in [4.69, 9.17) is 5.26 Å². The lowest BCUT2D eigenvalue weighted by molar-refractivity contribution is -0.157. The average molecular weight is 242 g/mol. The Morgan fingerprint density at radius 1 is 1.29 bits per heavy atom. The number of nitrogens with one attached hydrogen (secondary N) is 1. The highest BCUT2D eigenvalue weighted by Gasteiger charge is 2.39. The zero-order valence-electron chi connectivity index (χ0n) is 9.33. The molecule has 1 unspecified atom stereocenters. The first-order chi connectivity index (χ1) is 7.95. The summed E-state index contributed by atoms with van der Waals surface area (Å²) in [6, 6.07) is 10.2. The smallest absolute Gasteiger partial charge is 0.309 e. The zero-order chi connectivity index (χ0) is 12.9. The summed E-state index contributed by atoms with van der Waals surface area (Å²) in [6.45, 7) is 1.37. The molecule has 0 amide bonds. The van der Waals surface area contributed by atoms with Crippen molar-refractivity contribution in [3.63, 3.8) is 0 Å². The van der Waals surface area contributed by atoms with Crippen molar-refractivity contribution in [2.45, 2.75) is 19.1 Å². The second-order valence-corrected chi connectivity index (χ2v) is 3.76. The van der Waals surface area contributed by atoms with Gasteiger partial charge in [-0.2, -0.15) is 18.4 Å². The van der Waals surface area contributed by atoms with Crippen LogP contribution < -0.4 is 5.32 Å². The molecule has 1 rings (SSSR count). The van der Waals surface area contributed by atoms with Gasteiger partial charge in [-0.05, 0) is 12.5 Å². The summed E-state index contributed by atoms with van der Waals surface area (Å²) in [5.74, 6) is -1.96. The number of hydrogen-bond donors (Lipinski definition) is 1. The fraction of sp³-hybridized carbons (Fsp3) is 0.417. The van der Waals surface area contributed by atoms with E-state index in [2.05, 4.69) is 5.32 Å². The van der Waals surface area contributed by atoms with E-state index >= 15 is 0 Å². The molecule has 0 aromatic heterocycles. The van der Waals surface area contributed by atoms with Crippen molar-refractivity contribution in [3.05, 3.63) is 35.9 Å². The van der Waals surface area contributed by atoms with E-state index in [1.54, 1.807) is 6.92 Å². The maximum absolute atomic E-state index is 12.3. The van der Waals surface area contributed by atoms with Gasteiger partial charge in [-0.25, -0.2) is 0 Å². The lowest BCUT2D eigenvalue weighted by Gasteiger charge is -2.18. The number of nitrogens with zero attached hydrogens (tertiary/aromatic N) is 1. The van der Waals surface area contributed by atoms with Crippen LogP contribution in [0.25, 0.3) is 0 Å². The van der Waals surface area contributed by atoms with Gasteiger partial charge < -0.3 is 5.32 Å². The normalized spacial score (nSPS) is 15.0. The van der Waals surface area contributed by atoms with Crippen LogP contribution in [0.4, 0.5) is 13.2 Å². The van der Waals surface area contributed by atoms with Crippen LogP contribution in [0.2, 0.25) is 0 Å². The molecule has 0 radical (unpaired) electrons. The van der Waals surface area contributed by atoms with Crippen LogP contribution in [0.3, 0.4) is 0 Å². The first-order valence-corrected chi connectivity index (χ1v) is 5.20. The quantitative estimate of drug-likeness (QED) is 0.880. The van der Waals surface area contributed by atoms with Crippen molar-refractivity contribution in [1.82, 2.24) is 5.32 Å². The van der Waals surface area contributed by atoms with Crippen molar-refractivity contribution in [1.29, 1.82) is 5.26 Å². The predicted octanol–water partition coefficient (Wildman–Crippen LogP) is 3.04. The first kappa shape index (κ1) is 13.5. The van der Waals surface area contributed by atoms with E-state index in [1.807, 2.05) is 30.3 Å². The standard InChI is InChI=1S/C12H13F3N2/c1-9(10-5-3-2-4-6-10)17-8-11(7-16)12(13,14)15/h2-6,9,11,17H,8H2,1H3/t9-,11?/m1/s1. The van der Waals surface area contributed by atoms with Gasteiger partial charge in [0.2, 0.25) is 0 Å². The SMILES string of the molecule is C[C@@H](NCC(C#N)C(F)(F)F)c1ccccc1. The molecule has 17 heavy (non-hydrogen) atoms. The number of halogens is 3. The molecule has 2 nitrogen and oxygen atoms in total. The second-order valence-electron chi connectivity index (χ2n) is 3.76. The molecule has 2 atom stereocenters. The Labute approximate surface area is 98.1 Å². The summed E-state index contributed by atoms with van der Waals surface area (Å²) < 4.78 is 36.9. The van der Waals surface area contributed by atoms with Crippen LogP contribution in [0.5, 0.6) is 0 Å². The van der Waals surface area contributed by atoms with E-state index < -0.39 is 18.6 Å². The Kier molecular flexibility index (Phi) is 4.53. The third-order valence-electron chi connectivity index (χ3n) is 2.48. The van der Waals surface area contributed by atoms with Gasteiger partial charge in [0, 0.05) is 12.6 Å². The largest absolute Gasteiger partial charge is 0.405 e. The van der Waals surface area contributed by atoms with Crippen LogP contribution in [0.1, 0.15) is 18.5 Å². The van der Waals surface area contributed by atoms with E-state index in [9.17, 15) is 13.2 Å². The average Bonchev–Trinajstić information content (AvgIpc) is 2.29. The third kappa shape index (κ3) is 4.08. The highest BCUT2D eigenvalue weighted by Crippen LogP contribution is 2.25. The molecule has 92 valence electrons. The molecule has 0 aliphatic rings. The molecule has 0 heterocycles. The molecule has 5 heteroatoms. The van der Waals surface area contributed by atoms with E-state index in [0.29, 0.717) is 0 Å². The van der Waals surface area contributed by atoms with Crippen molar-refractivity contribution < 1.29 is 13.2 Å². The van der Waals surface area contributed by atoms with Gasteiger partial charge in [-0.15, -0.1) is 0 Å². The van der Waals surface area contributed by atoms with E-state index in [1.165, 1.54) is 6.07 Å². The molecule has 1 aromatic carbocycles. The minimum absolute atomic E-state index is 0.214. The van der Waals surface area contributed by atoms with Gasteiger partial charge >= 0.3 is 6.18 Å². The number of benzene rings is 1. The number of rotatable bonds is 4. The maximum atomic E-state index is 12.3. The van der Waals surface area contributed by atoms with Gasteiger partial charge in [0.25, 0.3) is 0 Å². The van der Waals surface area contributed by atoms with Crippen LogP contribution >= 0.6 is 0 Å². The monoisotopic (exact) mass is 242 g/mol. The highest BCUT2D eigenvalue weighted by atomic mass is 19.4. The Balaban J connectivity index is 2.54. The summed E-state index contributed by atoms with van der Waals surface area (Å²) >= 11 is 0. The Morgan fingerprint density at radius 3 is 2.35 bits per heavy atom. The van der Waals surface area contributed by atoms with Crippen LogP contribution in [0.15, 0.2) is 30.3 Å². The summed E-state index contributed by atoms with van der Waals surface area (Å²) in [6.07, 6.45) is -4.47. The van der Waals surface area contributed by atoms with Gasteiger partial charge in [0.15, 0.2) is 5.92 Å². The number of nitriles is 1. The fourth-order valence-electron chi connectivity index (χ4n) is 1.39. The molecule has 0 fully saturated rings. The molecule has 0 bridgehead atoms. The minimum Gasteiger partial charge on any atom is -0.309 e. The Hall–Kier alpha value is -1.54. The predicted molar refractivity (Wildman–Crippen MR) is 58.0 cm³/mol. The second kappa shape index (κ2) is 5.69. The molecule has 1 aromatic rings. The summed E-state index contributed by atoms with van der Waals surface area (Å²) in [7, 11) is 0. The van der Waals surface area contributed by atoms with E-state index in [0.717, 1.165) is 5.56 Å². The summed E-state index contributed by atoms with van der Waals surface area (Å²) in [4.78, 5) is 0. The third-order valence-corrected chi connectivity index (χ3v) is 2.48. The van der Waals surface area contributed by atoms with E-state index in [-0.39, 0.29) is 6.04 Å². The lowest BCUT2D eigenvalue weighted by atomic mass is 10.1. The van der Waals surface area contributed by atoms with Crippen molar-refractivity contribution in [3.8, 4) is 6.07 Å².